The molecule has 0 saturated heterocycles. The number of carbonyl (C=O) groups excluding carboxylic acids is 3. The first-order chi connectivity index (χ1) is 20.9. The number of benzene rings is 2. The summed E-state index contributed by atoms with van der Waals surface area (Å²) in [4.78, 5) is 52.2. The van der Waals surface area contributed by atoms with Gasteiger partial charge in [-0.25, -0.2) is 14.6 Å². The fourth-order valence-electron chi connectivity index (χ4n) is 5.37. The van der Waals surface area contributed by atoms with Crippen LogP contribution in [0.1, 0.15) is 62.9 Å². The first-order valence-electron chi connectivity index (χ1n) is 14.2. The van der Waals surface area contributed by atoms with Crippen LogP contribution in [-0.4, -0.2) is 45.5 Å². The zero-order chi connectivity index (χ0) is 29.9. The van der Waals surface area contributed by atoms with Crippen molar-refractivity contribution in [1.29, 1.82) is 0 Å². The van der Waals surface area contributed by atoms with Gasteiger partial charge in [0.25, 0.3) is 5.91 Å². The third-order valence-corrected chi connectivity index (χ3v) is 8.73. The van der Waals surface area contributed by atoms with E-state index in [1.807, 2.05) is 30.3 Å². The van der Waals surface area contributed by atoms with E-state index in [2.05, 4.69) is 32.4 Å². The van der Waals surface area contributed by atoms with Crippen molar-refractivity contribution in [3.05, 3.63) is 100 Å². The molecule has 0 bridgehead atoms. The third-order valence-electron chi connectivity index (χ3n) is 7.56. The van der Waals surface area contributed by atoms with Gasteiger partial charge in [0.05, 0.1) is 28.8 Å². The van der Waals surface area contributed by atoms with Gasteiger partial charge in [0.15, 0.2) is 6.10 Å². The highest BCUT2D eigenvalue weighted by Crippen LogP contribution is 2.43. The second-order valence-electron chi connectivity index (χ2n) is 10.4. The molecule has 5 aromatic rings. The number of aromatic amines is 1. The first-order valence-corrected chi connectivity index (χ1v) is 15.0. The molecule has 218 valence electrons. The average molecular weight is 595 g/mol. The van der Waals surface area contributed by atoms with Crippen molar-refractivity contribution in [3.8, 4) is 11.4 Å². The Bertz CT molecular complexity index is 1800. The Morgan fingerprint density at radius 3 is 2.70 bits per heavy atom. The highest BCUT2D eigenvalue weighted by atomic mass is 32.1. The summed E-state index contributed by atoms with van der Waals surface area (Å²) in [5.41, 5.74) is 5.02. The van der Waals surface area contributed by atoms with E-state index in [4.69, 9.17) is 9.47 Å². The summed E-state index contributed by atoms with van der Waals surface area (Å²) in [5.74, 6) is -0.676. The van der Waals surface area contributed by atoms with Crippen LogP contribution in [0.5, 0.6) is 0 Å². The van der Waals surface area contributed by atoms with Gasteiger partial charge in [0.1, 0.15) is 10.8 Å². The molecule has 0 radical (unpaired) electrons. The third kappa shape index (κ3) is 5.91. The van der Waals surface area contributed by atoms with E-state index in [1.165, 1.54) is 23.8 Å². The number of aromatic nitrogens is 3. The van der Waals surface area contributed by atoms with Crippen LogP contribution >= 0.6 is 11.3 Å². The highest BCUT2D eigenvalue weighted by molar-refractivity contribution is 7.17. The van der Waals surface area contributed by atoms with Crippen molar-refractivity contribution >= 4 is 45.2 Å². The predicted molar refractivity (Wildman–Crippen MR) is 164 cm³/mol. The second kappa shape index (κ2) is 12.2. The maximum absolute atomic E-state index is 13.2. The normalized spacial score (nSPS) is 15.0. The predicted octanol–water partition coefficient (Wildman–Crippen LogP) is 6.32. The summed E-state index contributed by atoms with van der Waals surface area (Å²) in [6.45, 7) is 3.48. The van der Waals surface area contributed by atoms with Crippen LogP contribution in [0.25, 0.3) is 22.4 Å². The van der Waals surface area contributed by atoms with E-state index in [1.54, 1.807) is 37.5 Å². The highest BCUT2D eigenvalue weighted by Gasteiger charge is 2.32. The molecule has 43 heavy (non-hydrogen) atoms. The fourth-order valence-corrected chi connectivity index (χ4v) is 6.69. The van der Waals surface area contributed by atoms with Gasteiger partial charge in [0.2, 0.25) is 0 Å². The zero-order valence-electron chi connectivity index (χ0n) is 23.8. The molecule has 2 aromatic carbocycles. The Balaban J connectivity index is 1.17. The van der Waals surface area contributed by atoms with E-state index in [0.717, 1.165) is 28.8 Å². The topological polar surface area (TPSA) is 123 Å². The molecule has 2 atom stereocenters. The van der Waals surface area contributed by atoms with Gasteiger partial charge < -0.3 is 19.8 Å². The minimum absolute atomic E-state index is 0.224. The van der Waals surface area contributed by atoms with Gasteiger partial charge >= 0.3 is 11.9 Å². The maximum Gasteiger partial charge on any atom is 0.341 e. The van der Waals surface area contributed by atoms with E-state index in [9.17, 15) is 14.4 Å². The number of anilines is 1. The number of imidazole rings is 1. The average Bonchev–Trinajstić information content (AvgIpc) is 3.62. The van der Waals surface area contributed by atoms with Gasteiger partial charge in [-0.3, -0.25) is 9.78 Å². The maximum atomic E-state index is 13.2. The van der Waals surface area contributed by atoms with Crippen LogP contribution in [0.2, 0.25) is 0 Å². The van der Waals surface area contributed by atoms with Crippen molar-refractivity contribution in [2.75, 3.05) is 11.9 Å². The summed E-state index contributed by atoms with van der Waals surface area (Å²) in [6.07, 6.45) is 4.65. The van der Waals surface area contributed by atoms with Gasteiger partial charge in [-0.2, -0.15) is 0 Å². The number of pyridine rings is 1. The standard InChI is InChI=1S/C33H30N4O5S/c1-3-41-33(40)28-24-13-11-21(20-8-5-4-6-9-20)17-27(24)43-31(28)37-30(38)19(2)42-32(39)22-12-14-25-26(16-22)36-29(35-25)23-10-7-15-34-18-23/h4-10,12,14-16,18-19,21H,3,11,13,17H2,1-2H3,(H,35,36)(H,37,38). The minimum atomic E-state index is -1.11. The van der Waals surface area contributed by atoms with E-state index in [-0.39, 0.29) is 12.2 Å². The number of thiophene rings is 1. The molecule has 1 aliphatic carbocycles. The molecule has 0 saturated carbocycles. The van der Waals surface area contributed by atoms with Crippen LogP contribution < -0.4 is 5.32 Å². The Hall–Kier alpha value is -4.83. The fraction of sp³-hybridized carbons (Fsp3) is 0.242. The molecule has 9 nitrogen and oxygen atoms in total. The van der Waals surface area contributed by atoms with Crippen molar-refractivity contribution in [1.82, 2.24) is 15.0 Å². The van der Waals surface area contributed by atoms with Gasteiger partial charge in [-0.05, 0) is 80.5 Å². The number of ether oxygens (including phenoxy) is 2. The lowest BCUT2D eigenvalue weighted by molar-refractivity contribution is -0.123. The van der Waals surface area contributed by atoms with Gasteiger partial charge in [-0.1, -0.05) is 30.3 Å². The minimum Gasteiger partial charge on any atom is -0.462 e. The summed E-state index contributed by atoms with van der Waals surface area (Å²) in [7, 11) is 0. The van der Waals surface area contributed by atoms with E-state index >= 15 is 0 Å². The Labute approximate surface area is 252 Å². The number of carbonyl (C=O) groups is 3. The van der Waals surface area contributed by atoms with E-state index < -0.39 is 23.9 Å². The van der Waals surface area contributed by atoms with Crippen LogP contribution in [0.3, 0.4) is 0 Å². The molecule has 0 spiro atoms. The number of nitrogens with one attached hydrogen (secondary N) is 2. The number of H-pyrrole nitrogens is 1. The molecule has 1 aliphatic rings. The largest absolute Gasteiger partial charge is 0.462 e. The lowest BCUT2D eigenvalue weighted by Gasteiger charge is -2.23. The second-order valence-corrected chi connectivity index (χ2v) is 11.5. The van der Waals surface area contributed by atoms with Crippen molar-refractivity contribution in [2.24, 2.45) is 0 Å². The lowest BCUT2D eigenvalue weighted by Crippen LogP contribution is -2.30. The Morgan fingerprint density at radius 1 is 1.09 bits per heavy atom. The number of esters is 2. The SMILES string of the molecule is CCOC(=O)c1c(NC(=O)C(C)OC(=O)c2ccc3nc(-c4cccnc4)[nH]c3c2)sc2c1CCC(c1ccccc1)C2. The molecule has 3 aromatic heterocycles. The molecule has 6 rings (SSSR count). The van der Waals surface area contributed by atoms with E-state index in [0.29, 0.717) is 39.8 Å². The summed E-state index contributed by atoms with van der Waals surface area (Å²) in [5, 5.41) is 3.27. The number of hydrogen-bond donors (Lipinski definition) is 2. The molecule has 10 heteroatoms. The Morgan fingerprint density at radius 2 is 1.93 bits per heavy atom. The quantitative estimate of drug-likeness (QED) is 0.202. The Kier molecular flexibility index (Phi) is 8.02. The smallest absolute Gasteiger partial charge is 0.341 e. The zero-order valence-corrected chi connectivity index (χ0v) is 24.6. The lowest BCUT2D eigenvalue weighted by atomic mass is 9.83. The van der Waals surface area contributed by atoms with Crippen molar-refractivity contribution in [2.45, 2.75) is 45.1 Å². The van der Waals surface area contributed by atoms with Gasteiger partial charge in [0, 0.05) is 22.8 Å². The number of amides is 1. The molecule has 2 N–H and O–H groups in total. The molecular formula is C33H30N4O5S. The molecular weight excluding hydrogens is 564 g/mol. The van der Waals surface area contributed by atoms with Crippen molar-refractivity contribution < 1.29 is 23.9 Å². The summed E-state index contributed by atoms with van der Waals surface area (Å²) < 4.78 is 10.9. The van der Waals surface area contributed by atoms with Crippen LogP contribution in [-0.2, 0) is 27.1 Å². The van der Waals surface area contributed by atoms with Crippen LogP contribution in [0.4, 0.5) is 5.00 Å². The number of nitrogens with zero attached hydrogens (tertiary/aromatic N) is 2. The number of fused-ring (bicyclic) bond motifs is 2. The van der Waals surface area contributed by atoms with Crippen LogP contribution in [0.15, 0.2) is 73.1 Å². The van der Waals surface area contributed by atoms with Crippen molar-refractivity contribution in [3.63, 3.8) is 0 Å². The first kappa shape index (κ1) is 28.3. The molecule has 2 unspecified atom stereocenters. The molecule has 3 heterocycles. The van der Waals surface area contributed by atoms with Gasteiger partial charge in [-0.15, -0.1) is 11.3 Å². The number of rotatable bonds is 8. The van der Waals surface area contributed by atoms with Crippen LogP contribution in [0, 0.1) is 0 Å². The molecule has 0 aliphatic heterocycles. The monoisotopic (exact) mass is 594 g/mol. The summed E-state index contributed by atoms with van der Waals surface area (Å²) in [6, 6.07) is 19.0. The number of hydrogen-bond acceptors (Lipinski definition) is 8. The molecule has 0 fully saturated rings. The molecule has 1 amide bonds. The summed E-state index contributed by atoms with van der Waals surface area (Å²) >= 11 is 1.39.